The van der Waals surface area contributed by atoms with Crippen LogP contribution in [-0.4, -0.2) is 18.6 Å². The van der Waals surface area contributed by atoms with Gasteiger partial charge in [0, 0.05) is 6.42 Å². The molecule has 0 bridgehead atoms. The summed E-state index contributed by atoms with van der Waals surface area (Å²) in [5.41, 5.74) is 0.825. The van der Waals surface area contributed by atoms with Crippen molar-refractivity contribution in [2.45, 2.75) is 24.4 Å². The van der Waals surface area contributed by atoms with E-state index in [1.165, 1.54) is 24.3 Å². The maximum Gasteiger partial charge on any atom is 0.416 e. The Hall–Kier alpha value is -2.46. The number of rotatable bonds is 5. The molecule has 3 rings (SSSR count). The standard InChI is InChI=1S/C17H14F3N3O2S2/c1-11-2-8-14(9-3-11)27(24,25)23-16-22-21-15(26-16)10-12-4-6-13(7-5-12)17(18,19)20/h2-9H,10H2,1H3,(H,22,23). The number of hydrogen-bond donors (Lipinski definition) is 1. The molecule has 0 radical (unpaired) electrons. The number of nitrogens with zero attached hydrogens (tertiary/aromatic N) is 2. The average Bonchev–Trinajstić information content (AvgIpc) is 3.01. The minimum absolute atomic E-state index is 0.0949. The van der Waals surface area contributed by atoms with Crippen LogP contribution in [0.4, 0.5) is 18.3 Å². The van der Waals surface area contributed by atoms with E-state index in [9.17, 15) is 21.6 Å². The molecule has 27 heavy (non-hydrogen) atoms. The van der Waals surface area contributed by atoms with Crippen LogP contribution in [-0.2, 0) is 22.6 Å². The number of sulfonamides is 1. The number of benzene rings is 2. The Bertz CT molecular complexity index is 1030. The summed E-state index contributed by atoms with van der Waals surface area (Å²) in [6, 6.07) is 11.1. The third-order valence-electron chi connectivity index (χ3n) is 3.66. The van der Waals surface area contributed by atoms with E-state index in [0.29, 0.717) is 10.6 Å². The fraction of sp³-hybridized carbons (Fsp3) is 0.176. The Morgan fingerprint density at radius 2 is 1.63 bits per heavy atom. The molecule has 1 aromatic heterocycles. The summed E-state index contributed by atoms with van der Waals surface area (Å²) in [6.07, 6.45) is -4.13. The zero-order valence-electron chi connectivity index (χ0n) is 14.0. The first kappa shape index (κ1) is 19.3. The van der Waals surface area contributed by atoms with Crippen molar-refractivity contribution in [3.8, 4) is 0 Å². The minimum Gasteiger partial charge on any atom is -0.253 e. The molecule has 0 fully saturated rings. The van der Waals surface area contributed by atoms with Gasteiger partial charge in [-0.1, -0.05) is 41.2 Å². The molecular weight excluding hydrogens is 399 g/mol. The van der Waals surface area contributed by atoms with Crippen LogP contribution in [0.5, 0.6) is 0 Å². The number of nitrogens with one attached hydrogen (secondary N) is 1. The molecule has 3 aromatic rings. The third kappa shape index (κ3) is 4.83. The predicted octanol–water partition coefficient (Wildman–Crippen LogP) is 4.26. The topological polar surface area (TPSA) is 72.0 Å². The molecule has 1 N–H and O–H groups in total. The largest absolute Gasteiger partial charge is 0.416 e. The van der Waals surface area contributed by atoms with Crippen molar-refractivity contribution in [3.05, 3.63) is 70.2 Å². The number of hydrogen-bond acceptors (Lipinski definition) is 5. The van der Waals surface area contributed by atoms with Crippen LogP contribution >= 0.6 is 11.3 Å². The predicted molar refractivity (Wildman–Crippen MR) is 96.1 cm³/mol. The van der Waals surface area contributed by atoms with Crippen molar-refractivity contribution in [2.24, 2.45) is 0 Å². The maximum absolute atomic E-state index is 12.6. The van der Waals surface area contributed by atoms with Crippen LogP contribution in [0, 0.1) is 6.92 Å². The van der Waals surface area contributed by atoms with Gasteiger partial charge in [0.1, 0.15) is 5.01 Å². The lowest BCUT2D eigenvalue weighted by Gasteiger charge is -2.06. The van der Waals surface area contributed by atoms with Crippen molar-refractivity contribution in [1.82, 2.24) is 10.2 Å². The van der Waals surface area contributed by atoms with Crippen molar-refractivity contribution in [3.63, 3.8) is 0 Å². The Kier molecular flexibility index (Phi) is 5.20. The van der Waals surface area contributed by atoms with E-state index in [-0.39, 0.29) is 16.4 Å². The molecule has 0 aliphatic carbocycles. The molecule has 0 aliphatic rings. The lowest BCUT2D eigenvalue weighted by Crippen LogP contribution is -2.12. The number of anilines is 1. The smallest absolute Gasteiger partial charge is 0.253 e. The quantitative estimate of drug-likeness (QED) is 0.679. The van der Waals surface area contributed by atoms with E-state index in [0.717, 1.165) is 29.0 Å². The number of aryl methyl sites for hydroxylation is 1. The molecule has 1 heterocycles. The molecule has 0 aliphatic heterocycles. The van der Waals surface area contributed by atoms with Crippen molar-refractivity contribution in [2.75, 3.05) is 4.72 Å². The second-order valence-corrected chi connectivity index (χ2v) is 8.54. The van der Waals surface area contributed by atoms with E-state index in [1.807, 2.05) is 6.92 Å². The summed E-state index contributed by atoms with van der Waals surface area (Å²) in [4.78, 5) is 0.104. The Labute approximate surface area is 157 Å². The second-order valence-electron chi connectivity index (χ2n) is 5.79. The summed E-state index contributed by atoms with van der Waals surface area (Å²) in [6.45, 7) is 1.85. The zero-order valence-corrected chi connectivity index (χ0v) is 15.6. The van der Waals surface area contributed by atoms with Crippen LogP contribution in [0.1, 0.15) is 21.7 Å². The molecule has 0 saturated carbocycles. The molecule has 0 unspecified atom stereocenters. The molecule has 0 amide bonds. The van der Waals surface area contributed by atoms with Crippen LogP contribution in [0.2, 0.25) is 0 Å². The summed E-state index contributed by atoms with van der Waals surface area (Å²) in [5.74, 6) is 0. The fourth-order valence-corrected chi connectivity index (χ4v) is 4.25. The highest BCUT2D eigenvalue weighted by Gasteiger charge is 2.29. The van der Waals surface area contributed by atoms with Gasteiger partial charge in [-0.2, -0.15) is 13.2 Å². The summed E-state index contributed by atoms with van der Waals surface area (Å²) in [5, 5.41) is 8.27. The summed E-state index contributed by atoms with van der Waals surface area (Å²) in [7, 11) is -3.78. The average molecular weight is 413 g/mol. The molecule has 142 valence electrons. The minimum atomic E-state index is -4.39. The number of aromatic nitrogens is 2. The molecule has 5 nitrogen and oxygen atoms in total. The van der Waals surface area contributed by atoms with Gasteiger partial charge in [-0.05, 0) is 36.8 Å². The molecule has 0 spiro atoms. The van der Waals surface area contributed by atoms with Gasteiger partial charge in [0.25, 0.3) is 10.0 Å². The zero-order chi connectivity index (χ0) is 19.7. The van der Waals surface area contributed by atoms with Crippen molar-refractivity contribution >= 4 is 26.5 Å². The number of alkyl halides is 3. The summed E-state index contributed by atoms with van der Waals surface area (Å²) >= 11 is 1.03. The second kappa shape index (κ2) is 7.28. The molecule has 2 aromatic carbocycles. The van der Waals surface area contributed by atoms with Crippen LogP contribution in [0.15, 0.2) is 53.4 Å². The molecular formula is C17H14F3N3O2S2. The SMILES string of the molecule is Cc1ccc(S(=O)(=O)Nc2nnc(Cc3ccc(C(F)(F)F)cc3)s2)cc1. The lowest BCUT2D eigenvalue weighted by atomic mass is 10.1. The van der Waals surface area contributed by atoms with Gasteiger partial charge in [-0.25, -0.2) is 8.42 Å². The van der Waals surface area contributed by atoms with Crippen LogP contribution in [0.25, 0.3) is 0 Å². The monoisotopic (exact) mass is 413 g/mol. The highest BCUT2D eigenvalue weighted by Crippen LogP contribution is 2.29. The van der Waals surface area contributed by atoms with Gasteiger partial charge in [0.15, 0.2) is 0 Å². The van der Waals surface area contributed by atoms with Gasteiger partial charge in [0.05, 0.1) is 10.5 Å². The first-order valence-corrected chi connectivity index (χ1v) is 10.0. The van der Waals surface area contributed by atoms with E-state index in [1.54, 1.807) is 12.1 Å². The Morgan fingerprint density at radius 1 is 1.00 bits per heavy atom. The van der Waals surface area contributed by atoms with E-state index < -0.39 is 21.8 Å². The van der Waals surface area contributed by atoms with Gasteiger partial charge in [-0.15, -0.1) is 10.2 Å². The number of halogens is 3. The first-order chi connectivity index (χ1) is 12.6. The molecule has 0 saturated heterocycles. The summed E-state index contributed by atoms with van der Waals surface area (Å²) < 4.78 is 64.8. The first-order valence-electron chi connectivity index (χ1n) is 7.71. The Morgan fingerprint density at radius 3 is 2.22 bits per heavy atom. The Balaban J connectivity index is 1.70. The van der Waals surface area contributed by atoms with Crippen molar-refractivity contribution in [1.29, 1.82) is 0 Å². The van der Waals surface area contributed by atoms with Gasteiger partial charge in [-0.3, -0.25) is 4.72 Å². The van der Waals surface area contributed by atoms with E-state index in [4.69, 9.17) is 0 Å². The lowest BCUT2D eigenvalue weighted by molar-refractivity contribution is -0.137. The fourth-order valence-electron chi connectivity index (χ4n) is 2.24. The molecule has 0 atom stereocenters. The van der Waals surface area contributed by atoms with Crippen molar-refractivity contribution < 1.29 is 21.6 Å². The van der Waals surface area contributed by atoms with Gasteiger partial charge < -0.3 is 0 Å². The third-order valence-corrected chi connectivity index (χ3v) is 5.98. The van der Waals surface area contributed by atoms with E-state index >= 15 is 0 Å². The van der Waals surface area contributed by atoms with E-state index in [2.05, 4.69) is 14.9 Å². The van der Waals surface area contributed by atoms with Gasteiger partial charge in [0.2, 0.25) is 5.13 Å². The normalized spacial score (nSPS) is 12.1. The highest BCUT2D eigenvalue weighted by molar-refractivity contribution is 7.93. The maximum atomic E-state index is 12.6. The van der Waals surface area contributed by atoms with Crippen LogP contribution < -0.4 is 4.72 Å². The highest BCUT2D eigenvalue weighted by atomic mass is 32.2. The van der Waals surface area contributed by atoms with Gasteiger partial charge >= 0.3 is 6.18 Å². The molecule has 10 heteroatoms. The van der Waals surface area contributed by atoms with Crippen LogP contribution in [0.3, 0.4) is 0 Å².